The number of rotatable bonds is 4. The largest absolute Gasteiger partial charge is 0.379 e. The summed E-state index contributed by atoms with van der Waals surface area (Å²) in [5, 5.41) is 0. The van der Waals surface area contributed by atoms with Gasteiger partial charge in [0.2, 0.25) is 0 Å². The molecule has 0 bridgehead atoms. The number of hydrogen-bond donors (Lipinski definition) is 0. The van der Waals surface area contributed by atoms with Crippen molar-refractivity contribution in [1.29, 1.82) is 0 Å². The normalized spacial score (nSPS) is 18.2. The van der Waals surface area contributed by atoms with Gasteiger partial charge >= 0.3 is 0 Å². The Morgan fingerprint density at radius 1 is 1.40 bits per heavy atom. The standard InChI is InChI=1S/C11H18N2.C5H10O2/c1-9(2)11-7-5-6-10(12-11)8-13(3)4;1-6-5-2-3-7-4-5/h5-7,9H,8H2,1-4H3;5H,2-4H2,1H3. The van der Waals surface area contributed by atoms with Crippen LogP contribution in [0.15, 0.2) is 18.2 Å². The molecule has 0 amide bonds. The van der Waals surface area contributed by atoms with Crippen LogP contribution in [0.1, 0.15) is 37.6 Å². The van der Waals surface area contributed by atoms with E-state index in [4.69, 9.17) is 9.47 Å². The molecule has 0 radical (unpaired) electrons. The molecule has 4 heteroatoms. The molecule has 2 heterocycles. The van der Waals surface area contributed by atoms with Crippen molar-refractivity contribution >= 4 is 0 Å². The van der Waals surface area contributed by atoms with E-state index < -0.39 is 0 Å². The second-order valence-electron chi connectivity index (χ2n) is 5.67. The van der Waals surface area contributed by atoms with Crippen molar-refractivity contribution in [3.63, 3.8) is 0 Å². The van der Waals surface area contributed by atoms with Gasteiger partial charge in [-0.25, -0.2) is 0 Å². The monoisotopic (exact) mass is 280 g/mol. The van der Waals surface area contributed by atoms with E-state index in [2.05, 4.69) is 56.0 Å². The van der Waals surface area contributed by atoms with Gasteiger partial charge in [-0.1, -0.05) is 19.9 Å². The van der Waals surface area contributed by atoms with Crippen molar-refractivity contribution in [2.45, 2.75) is 38.8 Å². The molecule has 0 N–H and O–H groups in total. The van der Waals surface area contributed by atoms with Gasteiger partial charge in [0.15, 0.2) is 0 Å². The highest BCUT2D eigenvalue weighted by Crippen LogP contribution is 2.11. The van der Waals surface area contributed by atoms with Crippen LogP contribution in [-0.4, -0.2) is 50.4 Å². The van der Waals surface area contributed by atoms with E-state index in [1.54, 1.807) is 7.11 Å². The van der Waals surface area contributed by atoms with Gasteiger partial charge in [-0.15, -0.1) is 0 Å². The van der Waals surface area contributed by atoms with Gasteiger partial charge in [0, 0.05) is 26.0 Å². The van der Waals surface area contributed by atoms with Crippen molar-refractivity contribution in [1.82, 2.24) is 9.88 Å². The summed E-state index contributed by atoms with van der Waals surface area (Å²) in [6.07, 6.45) is 1.44. The van der Waals surface area contributed by atoms with Crippen molar-refractivity contribution < 1.29 is 9.47 Å². The van der Waals surface area contributed by atoms with E-state index in [0.717, 1.165) is 31.9 Å². The van der Waals surface area contributed by atoms with Crippen LogP contribution in [0.3, 0.4) is 0 Å². The molecule has 0 spiro atoms. The van der Waals surface area contributed by atoms with Gasteiger partial charge in [0.1, 0.15) is 0 Å². The zero-order chi connectivity index (χ0) is 15.0. The van der Waals surface area contributed by atoms with E-state index in [0.29, 0.717) is 12.0 Å². The fourth-order valence-corrected chi connectivity index (χ4v) is 1.93. The lowest BCUT2D eigenvalue weighted by Crippen LogP contribution is -2.12. The molecule has 1 unspecified atom stereocenters. The van der Waals surface area contributed by atoms with Gasteiger partial charge in [-0.3, -0.25) is 4.98 Å². The van der Waals surface area contributed by atoms with Gasteiger partial charge in [-0.05, 0) is 38.6 Å². The molecule has 1 aliphatic rings. The molecule has 2 rings (SSSR count). The van der Waals surface area contributed by atoms with Crippen molar-refractivity contribution in [2.24, 2.45) is 0 Å². The average molecular weight is 280 g/mol. The second-order valence-corrected chi connectivity index (χ2v) is 5.67. The van der Waals surface area contributed by atoms with Crippen LogP contribution in [0.5, 0.6) is 0 Å². The minimum Gasteiger partial charge on any atom is -0.379 e. The Bertz CT molecular complexity index is 374. The van der Waals surface area contributed by atoms with E-state index in [1.807, 2.05) is 0 Å². The molecule has 0 saturated carbocycles. The molecule has 0 aromatic carbocycles. The minimum atomic E-state index is 0.375. The average Bonchev–Trinajstić information content (AvgIpc) is 2.92. The molecule has 20 heavy (non-hydrogen) atoms. The van der Waals surface area contributed by atoms with Crippen molar-refractivity contribution in [3.05, 3.63) is 29.6 Å². The van der Waals surface area contributed by atoms with Crippen LogP contribution in [0, 0.1) is 0 Å². The third kappa shape index (κ3) is 6.46. The number of nitrogens with zero attached hydrogens (tertiary/aromatic N) is 2. The summed E-state index contributed by atoms with van der Waals surface area (Å²) in [4.78, 5) is 6.70. The molecule has 114 valence electrons. The third-order valence-corrected chi connectivity index (χ3v) is 3.12. The summed E-state index contributed by atoms with van der Waals surface area (Å²) >= 11 is 0. The maximum absolute atomic E-state index is 5.02. The first-order valence-corrected chi connectivity index (χ1v) is 7.24. The van der Waals surface area contributed by atoms with E-state index in [9.17, 15) is 0 Å². The number of pyridine rings is 1. The van der Waals surface area contributed by atoms with Crippen molar-refractivity contribution in [2.75, 3.05) is 34.4 Å². The lowest BCUT2D eigenvalue weighted by atomic mass is 10.1. The fraction of sp³-hybridized carbons (Fsp3) is 0.688. The number of methoxy groups -OCH3 is 1. The van der Waals surface area contributed by atoms with Crippen LogP contribution in [-0.2, 0) is 16.0 Å². The molecular formula is C16H28N2O2. The maximum Gasteiger partial charge on any atom is 0.0826 e. The summed E-state index contributed by atoms with van der Waals surface area (Å²) in [6, 6.07) is 6.25. The van der Waals surface area contributed by atoms with E-state index >= 15 is 0 Å². The Kier molecular flexibility index (Phi) is 7.73. The van der Waals surface area contributed by atoms with Crippen molar-refractivity contribution in [3.8, 4) is 0 Å². The molecule has 4 nitrogen and oxygen atoms in total. The van der Waals surface area contributed by atoms with Crippen LogP contribution < -0.4 is 0 Å². The fourth-order valence-electron chi connectivity index (χ4n) is 1.93. The highest BCUT2D eigenvalue weighted by atomic mass is 16.5. The third-order valence-electron chi connectivity index (χ3n) is 3.12. The molecule has 1 aromatic rings. The highest BCUT2D eigenvalue weighted by molar-refractivity contribution is 5.13. The molecular weight excluding hydrogens is 252 g/mol. The Hall–Kier alpha value is -0.970. The first-order chi connectivity index (χ1) is 9.52. The zero-order valence-corrected chi connectivity index (χ0v) is 13.4. The lowest BCUT2D eigenvalue weighted by Gasteiger charge is -2.11. The van der Waals surface area contributed by atoms with Crippen LogP contribution in [0.25, 0.3) is 0 Å². The Labute approximate surface area is 123 Å². The molecule has 1 aliphatic heterocycles. The first kappa shape index (κ1) is 17.1. The van der Waals surface area contributed by atoms with E-state index in [-0.39, 0.29) is 0 Å². The quantitative estimate of drug-likeness (QED) is 0.849. The summed E-state index contributed by atoms with van der Waals surface area (Å²) in [7, 11) is 5.84. The zero-order valence-electron chi connectivity index (χ0n) is 13.4. The summed E-state index contributed by atoms with van der Waals surface area (Å²) in [6.45, 7) is 6.92. The molecule has 1 aromatic heterocycles. The van der Waals surface area contributed by atoms with Crippen LogP contribution >= 0.6 is 0 Å². The predicted molar refractivity (Wildman–Crippen MR) is 82.0 cm³/mol. The summed E-state index contributed by atoms with van der Waals surface area (Å²) in [5.41, 5.74) is 2.33. The Morgan fingerprint density at radius 2 is 2.15 bits per heavy atom. The van der Waals surface area contributed by atoms with Crippen LogP contribution in [0.2, 0.25) is 0 Å². The molecule has 1 fully saturated rings. The topological polar surface area (TPSA) is 34.6 Å². The lowest BCUT2D eigenvalue weighted by molar-refractivity contribution is 0.0822. The molecule has 1 atom stereocenters. The number of ether oxygens (including phenoxy) is 2. The molecule has 0 aliphatic carbocycles. The first-order valence-electron chi connectivity index (χ1n) is 7.24. The van der Waals surface area contributed by atoms with Crippen LogP contribution in [0.4, 0.5) is 0 Å². The number of hydrogen-bond acceptors (Lipinski definition) is 4. The summed E-state index contributed by atoms with van der Waals surface area (Å²) in [5.74, 6) is 0.516. The Balaban J connectivity index is 0.000000240. The van der Waals surface area contributed by atoms with Gasteiger partial charge in [0.05, 0.1) is 18.4 Å². The van der Waals surface area contributed by atoms with Gasteiger partial charge < -0.3 is 14.4 Å². The summed E-state index contributed by atoms with van der Waals surface area (Å²) < 4.78 is 10.0. The Morgan fingerprint density at radius 3 is 2.60 bits per heavy atom. The smallest absolute Gasteiger partial charge is 0.0826 e. The SMILES string of the molecule is CC(C)c1cccc(CN(C)C)n1.COC1CCOC1. The predicted octanol–water partition coefficient (Wildman–Crippen LogP) is 2.69. The van der Waals surface area contributed by atoms with Gasteiger partial charge in [-0.2, -0.15) is 0 Å². The maximum atomic E-state index is 5.02. The minimum absolute atomic E-state index is 0.375. The number of aromatic nitrogens is 1. The molecule has 1 saturated heterocycles. The second kappa shape index (κ2) is 9.06. The van der Waals surface area contributed by atoms with E-state index in [1.165, 1.54) is 5.69 Å². The van der Waals surface area contributed by atoms with Gasteiger partial charge in [0.25, 0.3) is 0 Å². The highest BCUT2D eigenvalue weighted by Gasteiger charge is 2.12.